The molecule has 60 valence electrons. The quantitative estimate of drug-likeness (QED) is 0.613. The first-order valence-electron chi connectivity index (χ1n) is 2.68. The van der Waals surface area contributed by atoms with Crippen LogP contribution in [0.5, 0.6) is 0 Å². The average molecular weight is 170 g/mol. The molecule has 0 spiro atoms. The summed E-state index contributed by atoms with van der Waals surface area (Å²) < 4.78 is 42.7. The fraction of sp³-hybridized carbons (Fsp3) is 1.00. The van der Waals surface area contributed by atoms with Crippen LogP contribution < -0.4 is 0 Å². The van der Waals surface area contributed by atoms with Gasteiger partial charge in [0.15, 0.2) is 0 Å². The van der Waals surface area contributed by atoms with Crippen molar-refractivity contribution in [2.45, 2.75) is 5.92 Å². The smallest absolute Gasteiger partial charge is 0.240 e. The molecule has 0 amide bonds. The van der Waals surface area contributed by atoms with E-state index in [1.165, 1.54) is 0 Å². The lowest BCUT2D eigenvalue weighted by atomic mass is 10.2. The van der Waals surface area contributed by atoms with Crippen LogP contribution in [0.3, 0.4) is 0 Å². The molecule has 0 aromatic rings. The van der Waals surface area contributed by atoms with Crippen molar-refractivity contribution in [3.8, 4) is 0 Å². The second-order valence-corrected chi connectivity index (χ2v) is 4.58. The Bertz CT molecular complexity index is 228. The first kappa shape index (κ1) is 7.87. The van der Waals surface area contributed by atoms with Crippen molar-refractivity contribution in [3.05, 3.63) is 0 Å². The van der Waals surface area contributed by atoms with Gasteiger partial charge in [0, 0.05) is 6.26 Å². The topological polar surface area (TPSA) is 44.2 Å². The monoisotopic (exact) mass is 170 g/mol. The zero-order valence-corrected chi connectivity index (χ0v) is 6.25. The molecule has 0 aromatic carbocycles. The highest BCUT2D eigenvalue weighted by molar-refractivity contribution is 7.89. The molecule has 1 aliphatic heterocycles. The Balaban J connectivity index is 2.57. The molecule has 6 heteroatoms. The van der Waals surface area contributed by atoms with E-state index in [0.717, 1.165) is 10.6 Å². The van der Waals surface area contributed by atoms with Crippen LogP contribution in [0.2, 0.25) is 0 Å². The van der Waals surface area contributed by atoms with Gasteiger partial charge in [0.2, 0.25) is 0 Å². The zero-order valence-electron chi connectivity index (χ0n) is 5.43. The Labute approximate surface area is 58.1 Å². The van der Waals surface area contributed by atoms with Gasteiger partial charge in [-0.2, -0.15) is 0 Å². The molecule has 0 saturated carbocycles. The second kappa shape index (κ2) is 1.88. The summed E-state index contributed by atoms with van der Waals surface area (Å²) in [6.45, 7) is -1.07. The third-order valence-electron chi connectivity index (χ3n) is 1.31. The molecule has 0 radical (unpaired) electrons. The van der Waals surface area contributed by atoms with E-state index >= 15 is 0 Å². The van der Waals surface area contributed by atoms with E-state index in [1.807, 2.05) is 0 Å². The molecule has 1 rings (SSSR count). The molecule has 1 saturated heterocycles. The lowest BCUT2D eigenvalue weighted by Crippen LogP contribution is -2.57. The van der Waals surface area contributed by atoms with Gasteiger partial charge in [-0.25, -0.2) is 22.1 Å². The molecule has 1 N–H and O–H groups in total. The normalized spacial score (nSPS) is 30.7. The predicted octanol–water partition coefficient (Wildman–Crippen LogP) is 0.529. The van der Waals surface area contributed by atoms with Gasteiger partial charge in [0.25, 0.3) is 5.92 Å². The van der Waals surface area contributed by atoms with E-state index in [0.29, 0.717) is 0 Å². The molecule has 0 bridgehead atoms. The molecular formula is C4H8F2N2OS. The van der Waals surface area contributed by atoms with Gasteiger partial charge < -0.3 is 0 Å². The summed E-state index contributed by atoms with van der Waals surface area (Å²) in [5.41, 5.74) is 0. The fourth-order valence-electron chi connectivity index (χ4n) is 0.716. The van der Waals surface area contributed by atoms with Gasteiger partial charge in [-0.05, 0) is 0 Å². The Morgan fingerprint density at radius 1 is 1.60 bits per heavy atom. The van der Waals surface area contributed by atoms with Gasteiger partial charge >= 0.3 is 0 Å². The molecule has 0 aliphatic carbocycles. The second-order valence-electron chi connectivity index (χ2n) is 2.46. The number of hydrogen-bond acceptors (Lipinski definition) is 2. The predicted molar refractivity (Wildman–Crippen MR) is 33.3 cm³/mol. The van der Waals surface area contributed by atoms with Crippen molar-refractivity contribution in [2.24, 2.45) is 0 Å². The summed E-state index contributed by atoms with van der Waals surface area (Å²) in [6, 6.07) is 0. The number of halogens is 2. The number of rotatable bonds is 1. The largest absolute Gasteiger partial charge is 0.275 e. The molecule has 10 heavy (non-hydrogen) atoms. The zero-order chi connectivity index (χ0) is 7.99. The van der Waals surface area contributed by atoms with Crippen LogP contribution in [0.15, 0.2) is 0 Å². The highest BCUT2D eigenvalue weighted by atomic mass is 32.2. The van der Waals surface area contributed by atoms with Crippen molar-refractivity contribution in [3.63, 3.8) is 0 Å². The van der Waals surface area contributed by atoms with Crippen molar-refractivity contribution in [2.75, 3.05) is 19.3 Å². The minimum Gasteiger partial charge on any atom is -0.240 e. The van der Waals surface area contributed by atoms with E-state index in [-0.39, 0.29) is 0 Å². The molecule has 3 nitrogen and oxygen atoms in total. The molecule has 1 atom stereocenters. The van der Waals surface area contributed by atoms with Crippen molar-refractivity contribution in [1.82, 2.24) is 4.31 Å². The standard InChI is InChI=1S/C4H8F2N2OS/c1-10(7,9)8-2-4(5,6)3-8/h7H,2-3H2,1H3. The first-order valence-corrected chi connectivity index (χ1v) is 4.60. The van der Waals surface area contributed by atoms with Crippen LogP contribution in [-0.2, 0) is 9.92 Å². The van der Waals surface area contributed by atoms with Crippen LogP contribution in [0.4, 0.5) is 8.78 Å². The van der Waals surface area contributed by atoms with E-state index in [9.17, 15) is 13.0 Å². The molecule has 1 aliphatic rings. The van der Waals surface area contributed by atoms with Crippen molar-refractivity contribution in [1.29, 1.82) is 4.78 Å². The minimum absolute atomic E-state index is 0.536. The number of alkyl halides is 2. The van der Waals surface area contributed by atoms with E-state index in [4.69, 9.17) is 4.78 Å². The molecule has 1 fully saturated rings. The molecular weight excluding hydrogens is 162 g/mol. The number of hydrogen-bond donors (Lipinski definition) is 1. The highest BCUT2D eigenvalue weighted by Gasteiger charge is 2.46. The van der Waals surface area contributed by atoms with Gasteiger partial charge in [-0.1, -0.05) is 0 Å². The van der Waals surface area contributed by atoms with Crippen LogP contribution in [0, 0.1) is 4.78 Å². The summed E-state index contributed by atoms with van der Waals surface area (Å²) in [7, 11) is -2.88. The number of nitrogens with one attached hydrogen (secondary N) is 1. The van der Waals surface area contributed by atoms with Gasteiger partial charge in [-0.3, -0.25) is 0 Å². The minimum atomic E-state index is -2.88. The average Bonchev–Trinajstić information content (AvgIpc) is 1.56. The van der Waals surface area contributed by atoms with E-state index < -0.39 is 28.9 Å². The summed E-state index contributed by atoms with van der Waals surface area (Å²) in [4.78, 5) is 0. The summed E-state index contributed by atoms with van der Waals surface area (Å²) in [5, 5.41) is 0. The van der Waals surface area contributed by atoms with E-state index in [1.54, 1.807) is 0 Å². The van der Waals surface area contributed by atoms with Crippen LogP contribution in [0.25, 0.3) is 0 Å². The lowest BCUT2D eigenvalue weighted by Gasteiger charge is -2.37. The Kier molecular flexibility index (Phi) is 1.48. The summed E-state index contributed by atoms with van der Waals surface area (Å²) >= 11 is 0. The Morgan fingerprint density at radius 3 is 2.10 bits per heavy atom. The van der Waals surface area contributed by atoms with Gasteiger partial charge in [0.05, 0.1) is 13.1 Å². The fourth-order valence-corrected chi connectivity index (χ4v) is 1.59. The van der Waals surface area contributed by atoms with Crippen LogP contribution in [-0.4, -0.2) is 33.8 Å². The maximum Gasteiger partial charge on any atom is 0.275 e. The Hall–Kier alpha value is -0.230. The van der Waals surface area contributed by atoms with Gasteiger partial charge in [0.1, 0.15) is 9.92 Å². The third-order valence-corrected chi connectivity index (χ3v) is 2.55. The van der Waals surface area contributed by atoms with Crippen LogP contribution >= 0.6 is 0 Å². The van der Waals surface area contributed by atoms with E-state index in [2.05, 4.69) is 0 Å². The summed E-state index contributed by atoms with van der Waals surface area (Å²) in [6.07, 6.45) is 1.14. The van der Waals surface area contributed by atoms with Gasteiger partial charge in [-0.15, -0.1) is 0 Å². The van der Waals surface area contributed by atoms with Crippen LogP contribution in [0.1, 0.15) is 0 Å². The maximum atomic E-state index is 12.1. The lowest BCUT2D eigenvalue weighted by molar-refractivity contribution is -0.0932. The summed E-state index contributed by atoms with van der Waals surface area (Å²) in [5.74, 6) is -2.72. The SMILES string of the molecule is CS(=N)(=O)N1CC(F)(F)C1. The molecule has 1 heterocycles. The molecule has 0 aromatic heterocycles. The van der Waals surface area contributed by atoms with Crippen molar-refractivity contribution < 1.29 is 13.0 Å². The number of nitrogens with zero attached hydrogens (tertiary/aromatic N) is 1. The van der Waals surface area contributed by atoms with Crippen molar-refractivity contribution >= 4 is 9.92 Å². The molecule has 1 unspecified atom stereocenters. The maximum absolute atomic E-state index is 12.1. The first-order chi connectivity index (χ1) is 4.31. The highest BCUT2D eigenvalue weighted by Crippen LogP contribution is 2.28. The Morgan fingerprint density at radius 2 is 2.00 bits per heavy atom. The third kappa shape index (κ3) is 1.43.